The first kappa shape index (κ1) is 14.7. The van der Waals surface area contributed by atoms with Crippen LogP contribution in [0.4, 0.5) is 0 Å². The van der Waals surface area contributed by atoms with Crippen LogP contribution >= 0.6 is 0 Å². The predicted molar refractivity (Wildman–Crippen MR) is 85.5 cm³/mol. The molecule has 0 spiro atoms. The third-order valence-electron chi connectivity index (χ3n) is 7.00. The quantitative estimate of drug-likeness (QED) is 0.626. The van der Waals surface area contributed by atoms with E-state index in [9.17, 15) is 4.79 Å². The third kappa shape index (κ3) is 2.33. The van der Waals surface area contributed by atoms with E-state index < -0.39 is 0 Å². The molecule has 0 amide bonds. The molecule has 1 saturated carbocycles. The Bertz CT molecular complexity index is 506. The normalized spacial score (nSPS) is 42.3. The number of esters is 1. The van der Waals surface area contributed by atoms with Gasteiger partial charge in [-0.05, 0) is 44.4 Å². The van der Waals surface area contributed by atoms with Gasteiger partial charge in [0.25, 0.3) is 0 Å². The van der Waals surface area contributed by atoms with E-state index in [0.717, 1.165) is 19.4 Å². The van der Waals surface area contributed by atoms with Crippen molar-refractivity contribution in [2.24, 2.45) is 17.3 Å². The molecule has 3 heteroatoms. The fraction of sp³-hybridized carbons (Fsp3) is 0.842. The molecule has 1 N–H and O–H groups in total. The average molecular weight is 304 g/mol. The van der Waals surface area contributed by atoms with Crippen molar-refractivity contribution in [3.05, 3.63) is 11.1 Å². The molecule has 3 nitrogen and oxygen atoms in total. The van der Waals surface area contributed by atoms with Crippen molar-refractivity contribution >= 4 is 5.97 Å². The van der Waals surface area contributed by atoms with E-state index in [1.807, 2.05) is 0 Å². The van der Waals surface area contributed by atoms with Gasteiger partial charge < -0.3 is 9.64 Å². The maximum Gasteiger partial charge on any atom is 0.315 e. The molecule has 0 bridgehead atoms. The van der Waals surface area contributed by atoms with Crippen molar-refractivity contribution in [1.82, 2.24) is 0 Å². The molecule has 3 fully saturated rings. The zero-order valence-electron chi connectivity index (χ0n) is 14.1. The minimum Gasteiger partial charge on any atom is -0.462 e. The first-order valence-corrected chi connectivity index (χ1v) is 9.30. The van der Waals surface area contributed by atoms with Gasteiger partial charge in [-0.15, -0.1) is 0 Å². The lowest BCUT2D eigenvalue weighted by Crippen LogP contribution is -3.10. The monoisotopic (exact) mass is 304 g/mol. The van der Waals surface area contributed by atoms with E-state index in [0.29, 0.717) is 11.3 Å². The molecule has 0 radical (unpaired) electrons. The molecule has 4 rings (SSSR count). The van der Waals surface area contributed by atoms with Gasteiger partial charge >= 0.3 is 5.97 Å². The molecule has 122 valence electrons. The minimum absolute atomic E-state index is 0.106. The van der Waals surface area contributed by atoms with E-state index >= 15 is 0 Å². The lowest BCUT2D eigenvalue weighted by atomic mass is 9.59. The van der Waals surface area contributed by atoms with Crippen LogP contribution in [0.5, 0.6) is 0 Å². The molecule has 4 aliphatic rings. The van der Waals surface area contributed by atoms with E-state index in [2.05, 4.69) is 13.8 Å². The number of likely N-dealkylation sites (tertiary alicyclic amines) is 1. The SMILES string of the molecule is CC1=C2C[C@H]3[C@@H](C[C@@]2(C)CCC1)OC(=O)[C@@H]3C[NH+]1CCCC1. The number of rotatable bonds is 2. The Morgan fingerprint density at radius 2 is 2.05 bits per heavy atom. The van der Waals surface area contributed by atoms with Gasteiger partial charge in [-0.3, -0.25) is 4.79 Å². The number of ether oxygens (including phenoxy) is 1. The van der Waals surface area contributed by atoms with Crippen LogP contribution in [-0.2, 0) is 9.53 Å². The highest BCUT2D eigenvalue weighted by Gasteiger charge is 2.54. The summed E-state index contributed by atoms with van der Waals surface area (Å²) in [6.45, 7) is 8.25. The molecule has 2 saturated heterocycles. The van der Waals surface area contributed by atoms with E-state index in [-0.39, 0.29) is 18.0 Å². The van der Waals surface area contributed by atoms with Gasteiger partial charge in [-0.25, -0.2) is 0 Å². The summed E-state index contributed by atoms with van der Waals surface area (Å²) in [6.07, 6.45) is 8.89. The summed E-state index contributed by atoms with van der Waals surface area (Å²) in [5, 5.41) is 0. The van der Waals surface area contributed by atoms with Crippen LogP contribution in [0.15, 0.2) is 11.1 Å². The Morgan fingerprint density at radius 3 is 2.82 bits per heavy atom. The molecule has 0 aromatic rings. The summed E-state index contributed by atoms with van der Waals surface area (Å²) >= 11 is 0. The molecule has 0 aromatic carbocycles. The highest BCUT2D eigenvalue weighted by molar-refractivity contribution is 5.75. The Hall–Kier alpha value is -0.830. The van der Waals surface area contributed by atoms with Crippen molar-refractivity contribution in [2.45, 2.75) is 64.9 Å². The number of allylic oxidation sites excluding steroid dienone is 2. The van der Waals surface area contributed by atoms with Crippen LogP contribution in [0.3, 0.4) is 0 Å². The first-order chi connectivity index (χ1) is 10.6. The zero-order chi connectivity index (χ0) is 15.3. The second-order valence-corrected chi connectivity index (χ2v) is 8.49. The highest BCUT2D eigenvalue weighted by atomic mass is 16.6. The van der Waals surface area contributed by atoms with Crippen LogP contribution in [-0.4, -0.2) is 31.7 Å². The second-order valence-electron chi connectivity index (χ2n) is 8.49. The molecule has 2 aliphatic heterocycles. The summed E-state index contributed by atoms with van der Waals surface area (Å²) < 4.78 is 5.86. The summed E-state index contributed by atoms with van der Waals surface area (Å²) in [5.74, 6) is 0.719. The van der Waals surface area contributed by atoms with Gasteiger partial charge in [-0.1, -0.05) is 18.1 Å². The standard InChI is InChI=1S/C19H29NO2/c1-13-6-5-7-19(2)11-17-14(10-16(13)19)15(18(21)22-17)12-20-8-3-4-9-20/h14-15,17H,3-12H2,1-2H3/p+1/t14-,15-,17-,19-/m1/s1. The largest absolute Gasteiger partial charge is 0.462 e. The number of nitrogens with one attached hydrogen (secondary N) is 1. The number of quaternary nitrogens is 1. The van der Waals surface area contributed by atoms with Crippen LogP contribution in [0.25, 0.3) is 0 Å². The first-order valence-electron chi connectivity index (χ1n) is 9.30. The highest BCUT2D eigenvalue weighted by Crippen LogP contribution is 2.54. The molecule has 0 aromatic heterocycles. The summed E-state index contributed by atoms with van der Waals surface area (Å²) in [4.78, 5) is 14.1. The van der Waals surface area contributed by atoms with Crippen molar-refractivity contribution in [2.75, 3.05) is 19.6 Å². The molecule has 22 heavy (non-hydrogen) atoms. The molecular weight excluding hydrogens is 274 g/mol. The summed E-state index contributed by atoms with van der Waals surface area (Å²) in [7, 11) is 0. The molecular formula is C19H30NO2+. The van der Waals surface area contributed by atoms with E-state index in [1.54, 1.807) is 16.0 Å². The number of carbonyl (C=O) groups is 1. The van der Waals surface area contributed by atoms with E-state index in [4.69, 9.17) is 4.74 Å². The van der Waals surface area contributed by atoms with Crippen LogP contribution < -0.4 is 4.90 Å². The summed E-state index contributed by atoms with van der Waals surface area (Å²) in [5.41, 5.74) is 3.60. The number of fused-ring (bicyclic) bond motifs is 2. The topological polar surface area (TPSA) is 30.7 Å². The number of hydrogen-bond donors (Lipinski definition) is 1. The van der Waals surface area contributed by atoms with Gasteiger partial charge in [0.2, 0.25) is 0 Å². The number of hydrogen-bond acceptors (Lipinski definition) is 2. The Labute approximate surface area is 134 Å². The third-order valence-corrected chi connectivity index (χ3v) is 7.00. The Balaban J connectivity index is 1.56. The lowest BCUT2D eigenvalue weighted by Gasteiger charge is -2.45. The maximum atomic E-state index is 12.5. The van der Waals surface area contributed by atoms with Gasteiger partial charge in [-0.2, -0.15) is 0 Å². The minimum atomic E-state index is 0.106. The molecule has 0 unspecified atom stereocenters. The number of carbonyl (C=O) groups excluding carboxylic acids is 1. The second kappa shape index (κ2) is 5.36. The molecule has 2 aliphatic carbocycles. The average Bonchev–Trinajstić information content (AvgIpc) is 3.06. The smallest absolute Gasteiger partial charge is 0.315 e. The Morgan fingerprint density at radius 1 is 1.27 bits per heavy atom. The van der Waals surface area contributed by atoms with Crippen molar-refractivity contribution in [3.63, 3.8) is 0 Å². The van der Waals surface area contributed by atoms with Crippen LogP contribution in [0.2, 0.25) is 0 Å². The predicted octanol–water partition coefficient (Wildman–Crippen LogP) is 2.12. The lowest BCUT2D eigenvalue weighted by molar-refractivity contribution is -0.890. The fourth-order valence-electron chi connectivity index (χ4n) is 5.74. The van der Waals surface area contributed by atoms with Gasteiger partial charge in [0.1, 0.15) is 12.0 Å². The maximum absolute atomic E-state index is 12.5. The van der Waals surface area contributed by atoms with Crippen molar-refractivity contribution < 1.29 is 14.4 Å². The Kier molecular flexibility index (Phi) is 3.60. The van der Waals surface area contributed by atoms with Gasteiger partial charge in [0, 0.05) is 18.8 Å². The van der Waals surface area contributed by atoms with Crippen molar-refractivity contribution in [1.29, 1.82) is 0 Å². The molecule has 2 heterocycles. The van der Waals surface area contributed by atoms with Crippen molar-refractivity contribution in [3.8, 4) is 0 Å². The van der Waals surface area contributed by atoms with Gasteiger partial charge in [0.15, 0.2) is 0 Å². The summed E-state index contributed by atoms with van der Waals surface area (Å²) in [6, 6.07) is 0. The fourth-order valence-corrected chi connectivity index (χ4v) is 5.74. The van der Waals surface area contributed by atoms with Crippen LogP contribution in [0.1, 0.15) is 58.8 Å². The van der Waals surface area contributed by atoms with E-state index in [1.165, 1.54) is 45.2 Å². The molecule has 4 atom stereocenters. The van der Waals surface area contributed by atoms with Crippen LogP contribution in [0, 0.1) is 17.3 Å². The zero-order valence-corrected chi connectivity index (χ0v) is 14.1. The van der Waals surface area contributed by atoms with Gasteiger partial charge in [0.05, 0.1) is 19.6 Å².